The number of thiophene rings is 1. The molecule has 1 heterocycles. The lowest BCUT2D eigenvalue weighted by Gasteiger charge is -2.06. The molecular formula is C8H10N2OS. The maximum absolute atomic E-state index is 8.43. The number of nitrogens with two attached hydrogens (primary N) is 1. The molecule has 4 heteroatoms. The minimum absolute atomic E-state index is 0.226. The summed E-state index contributed by atoms with van der Waals surface area (Å²) in [5, 5.41) is 11.1. The normalized spacial score (nSPS) is 12.1. The molecule has 3 nitrogen and oxygen atoms in total. The second kappa shape index (κ2) is 4.10. The van der Waals surface area contributed by atoms with Crippen LogP contribution in [0.2, 0.25) is 0 Å². The molecule has 0 aliphatic rings. The van der Waals surface area contributed by atoms with E-state index in [1.54, 1.807) is 7.11 Å². The van der Waals surface area contributed by atoms with Gasteiger partial charge in [0.15, 0.2) is 5.06 Å². The Labute approximate surface area is 75.4 Å². The fourth-order valence-electron chi connectivity index (χ4n) is 0.954. The van der Waals surface area contributed by atoms with E-state index < -0.39 is 0 Å². The molecule has 1 rings (SSSR count). The topological polar surface area (TPSA) is 59.0 Å². The molecule has 0 radical (unpaired) electrons. The number of methoxy groups -OCH3 is 1. The van der Waals surface area contributed by atoms with Crippen LogP contribution in [-0.4, -0.2) is 7.11 Å². The van der Waals surface area contributed by atoms with Crippen molar-refractivity contribution in [2.24, 2.45) is 5.73 Å². The van der Waals surface area contributed by atoms with E-state index in [1.165, 1.54) is 11.3 Å². The molecule has 0 aromatic carbocycles. The van der Waals surface area contributed by atoms with Gasteiger partial charge in [-0.3, -0.25) is 0 Å². The molecule has 0 amide bonds. The van der Waals surface area contributed by atoms with Crippen LogP contribution >= 0.6 is 11.3 Å². The van der Waals surface area contributed by atoms with Gasteiger partial charge in [-0.05, 0) is 11.4 Å². The Hall–Kier alpha value is -1.05. The predicted molar refractivity (Wildman–Crippen MR) is 48.0 cm³/mol. The van der Waals surface area contributed by atoms with Gasteiger partial charge >= 0.3 is 0 Å². The van der Waals surface area contributed by atoms with Crippen LogP contribution in [0.3, 0.4) is 0 Å². The summed E-state index contributed by atoms with van der Waals surface area (Å²) in [6.07, 6.45) is 0.326. The quantitative estimate of drug-likeness (QED) is 0.773. The van der Waals surface area contributed by atoms with Gasteiger partial charge in [-0.25, -0.2) is 0 Å². The predicted octanol–water partition coefficient (Wildman–Crippen LogP) is 1.67. The lowest BCUT2D eigenvalue weighted by molar-refractivity contribution is 0.419. The molecule has 0 spiro atoms. The third-order valence-corrected chi connectivity index (χ3v) is 2.44. The smallest absolute Gasteiger partial charge is 0.178 e. The first-order valence-electron chi connectivity index (χ1n) is 3.53. The molecule has 1 aromatic rings. The van der Waals surface area contributed by atoms with Crippen molar-refractivity contribution in [2.45, 2.75) is 12.5 Å². The van der Waals surface area contributed by atoms with Crippen molar-refractivity contribution in [1.82, 2.24) is 0 Å². The van der Waals surface area contributed by atoms with Gasteiger partial charge in [0.05, 0.1) is 19.6 Å². The van der Waals surface area contributed by atoms with Crippen molar-refractivity contribution in [3.05, 3.63) is 17.0 Å². The third kappa shape index (κ3) is 1.76. The molecule has 0 unspecified atom stereocenters. The molecule has 12 heavy (non-hydrogen) atoms. The SMILES string of the molecule is COc1sccc1[C@H](N)CC#N. The van der Waals surface area contributed by atoms with Crippen LogP contribution in [-0.2, 0) is 0 Å². The van der Waals surface area contributed by atoms with E-state index in [2.05, 4.69) is 0 Å². The summed E-state index contributed by atoms with van der Waals surface area (Å²) in [5.74, 6) is 0. The summed E-state index contributed by atoms with van der Waals surface area (Å²) in [6, 6.07) is 3.70. The number of ether oxygens (including phenoxy) is 1. The van der Waals surface area contributed by atoms with E-state index >= 15 is 0 Å². The van der Waals surface area contributed by atoms with Crippen LogP contribution < -0.4 is 10.5 Å². The second-order valence-corrected chi connectivity index (χ2v) is 3.21. The number of hydrogen-bond donors (Lipinski definition) is 1. The summed E-state index contributed by atoms with van der Waals surface area (Å²) >= 11 is 1.49. The lowest BCUT2D eigenvalue weighted by atomic mass is 10.1. The average Bonchev–Trinajstić information content (AvgIpc) is 2.51. The van der Waals surface area contributed by atoms with Crippen molar-refractivity contribution in [1.29, 1.82) is 5.26 Å². The van der Waals surface area contributed by atoms with E-state index in [0.717, 1.165) is 10.6 Å². The Morgan fingerprint density at radius 1 is 1.83 bits per heavy atom. The fraction of sp³-hybridized carbons (Fsp3) is 0.375. The average molecular weight is 182 g/mol. The summed E-state index contributed by atoms with van der Waals surface area (Å²) < 4.78 is 5.08. The maximum Gasteiger partial charge on any atom is 0.178 e. The molecule has 1 atom stereocenters. The van der Waals surface area contributed by atoms with E-state index in [-0.39, 0.29) is 6.04 Å². The first-order valence-corrected chi connectivity index (χ1v) is 4.41. The van der Waals surface area contributed by atoms with E-state index in [9.17, 15) is 0 Å². The highest BCUT2D eigenvalue weighted by Gasteiger charge is 2.11. The molecule has 0 saturated carbocycles. The largest absolute Gasteiger partial charge is 0.487 e. The van der Waals surface area contributed by atoms with Gasteiger partial charge in [-0.2, -0.15) is 5.26 Å². The van der Waals surface area contributed by atoms with Crippen molar-refractivity contribution in [3.63, 3.8) is 0 Å². The van der Waals surface area contributed by atoms with E-state index in [4.69, 9.17) is 15.7 Å². The molecular weight excluding hydrogens is 172 g/mol. The van der Waals surface area contributed by atoms with Crippen LogP contribution in [0.15, 0.2) is 11.4 Å². The van der Waals surface area contributed by atoms with Gasteiger partial charge in [0, 0.05) is 11.6 Å². The van der Waals surface area contributed by atoms with Crippen molar-refractivity contribution < 1.29 is 4.74 Å². The number of rotatable bonds is 3. The molecule has 0 aliphatic heterocycles. The minimum Gasteiger partial charge on any atom is -0.487 e. The Kier molecular flexibility index (Phi) is 3.09. The van der Waals surface area contributed by atoms with Crippen LogP contribution in [0.4, 0.5) is 0 Å². The minimum atomic E-state index is -0.226. The monoisotopic (exact) mass is 182 g/mol. The van der Waals surface area contributed by atoms with Gasteiger partial charge in [-0.15, -0.1) is 11.3 Å². The summed E-state index contributed by atoms with van der Waals surface area (Å²) in [6.45, 7) is 0. The zero-order chi connectivity index (χ0) is 8.97. The highest BCUT2D eigenvalue weighted by atomic mass is 32.1. The molecule has 0 aliphatic carbocycles. The lowest BCUT2D eigenvalue weighted by Crippen LogP contribution is -2.08. The first-order chi connectivity index (χ1) is 5.79. The van der Waals surface area contributed by atoms with Crippen molar-refractivity contribution >= 4 is 11.3 Å². The van der Waals surface area contributed by atoms with Gasteiger partial charge < -0.3 is 10.5 Å². The fourth-order valence-corrected chi connectivity index (χ4v) is 1.74. The van der Waals surface area contributed by atoms with Crippen molar-refractivity contribution in [2.75, 3.05) is 7.11 Å². The zero-order valence-corrected chi connectivity index (χ0v) is 7.60. The third-order valence-electron chi connectivity index (χ3n) is 1.55. The van der Waals surface area contributed by atoms with Gasteiger partial charge in [0.2, 0.25) is 0 Å². The Morgan fingerprint density at radius 2 is 2.58 bits per heavy atom. The molecule has 0 fully saturated rings. The highest BCUT2D eigenvalue weighted by Crippen LogP contribution is 2.30. The zero-order valence-electron chi connectivity index (χ0n) is 6.78. The molecule has 0 saturated heterocycles. The standard InChI is InChI=1S/C8H10N2OS/c1-11-8-6(3-5-12-8)7(10)2-4-9/h3,5,7H,2,10H2,1H3/t7-/m1/s1. The van der Waals surface area contributed by atoms with Crippen molar-refractivity contribution in [3.8, 4) is 11.1 Å². The summed E-state index contributed by atoms with van der Waals surface area (Å²) in [5.41, 5.74) is 6.65. The highest BCUT2D eigenvalue weighted by molar-refractivity contribution is 7.12. The molecule has 1 aromatic heterocycles. The summed E-state index contributed by atoms with van der Waals surface area (Å²) in [4.78, 5) is 0. The maximum atomic E-state index is 8.43. The number of hydrogen-bond acceptors (Lipinski definition) is 4. The second-order valence-electron chi connectivity index (χ2n) is 2.34. The first kappa shape index (κ1) is 9.04. The molecule has 64 valence electrons. The van der Waals surface area contributed by atoms with Crippen LogP contribution in [0.5, 0.6) is 5.06 Å². The van der Waals surface area contributed by atoms with Crippen LogP contribution in [0.25, 0.3) is 0 Å². The van der Waals surface area contributed by atoms with Crippen LogP contribution in [0.1, 0.15) is 18.0 Å². The van der Waals surface area contributed by atoms with E-state index in [0.29, 0.717) is 6.42 Å². The number of nitrogens with zero attached hydrogens (tertiary/aromatic N) is 1. The Balaban J connectivity index is 2.80. The summed E-state index contributed by atoms with van der Waals surface area (Å²) in [7, 11) is 1.61. The molecule has 2 N–H and O–H groups in total. The van der Waals surface area contributed by atoms with Gasteiger partial charge in [0.1, 0.15) is 0 Å². The van der Waals surface area contributed by atoms with Gasteiger partial charge in [0.25, 0.3) is 0 Å². The van der Waals surface area contributed by atoms with Gasteiger partial charge in [-0.1, -0.05) is 0 Å². The number of nitriles is 1. The Bertz CT molecular complexity index is 289. The Morgan fingerprint density at radius 3 is 3.17 bits per heavy atom. The van der Waals surface area contributed by atoms with Crippen LogP contribution in [0, 0.1) is 11.3 Å². The molecule has 0 bridgehead atoms. The van der Waals surface area contributed by atoms with E-state index in [1.807, 2.05) is 17.5 Å².